The summed E-state index contributed by atoms with van der Waals surface area (Å²) >= 11 is 1.77. The van der Waals surface area contributed by atoms with Crippen LogP contribution in [0.1, 0.15) is 43.4 Å². The molecular weight excluding hydrogens is 573 g/mol. The lowest BCUT2D eigenvalue weighted by atomic mass is 9.96. The fourth-order valence-electron chi connectivity index (χ4n) is 6.32. The summed E-state index contributed by atoms with van der Waals surface area (Å²) < 4.78 is 2.37. The largest absolute Gasteiger partial charge is 0.340 e. The van der Waals surface area contributed by atoms with Gasteiger partial charge in [-0.2, -0.15) is 0 Å². The average Bonchev–Trinajstić information content (AvgIpc) is 3.47. The number of carbonyl (C=O) groups is 1. The molecule has 1 fully saturated rings. The van der Waals surface area contributed by atoms with Crippen LogP contribution in [0.4, 0.5) is 0 Å². The molecule has 230 valence electrons. The maximum absolute atomic E-state index is 13.3. The van der Waals surface area contributed by atoms with Gasteiger partial charge in [0.15, 0.2) is 5.16 Å². The summed E-state index contributed by atoms with van der Waals surface area (Å²) in [4.78, 5) is 23.1. The first-order valence-corrected chi connectivity index (χ1v) is 17.2. The molecule has 1 aliphatic heterocycles. The maximum Gasteiger partial charge on any atom is 0.222 e. The average molecular weight is 615 g/mol. The Morgan fingerprint density at radius 2 is 1.27 bits per heavy atom. The molecule has 1 aliphatic rings. The minimum absolute atomic E-state index is 0.203. The molecule has 45 heavy (non-hydrogen) atoms. The van der Waals surface area contributed by atoms with Crippen LogP contribution in [-0.2, 0) is 11.3 Å². The Labute approximate surface area is 271 Å². The van der Waals surface area contributed by atoms with Gasteiger partial charge in [-0.15, -0.1) is 0 Å². The number of benzene rings is 4. The van der Waals surface area contributed by atoms with Gasteiger partial charge < -0.3 is 9.47 Å². The molecular formula is C39H42N4OS. The van der Waals surface area contributed by atoms with Crippen molar-refractivity contribution in [3.8, 4) is 22.5 Å². The van der Waals surface area contributed by atoms with Crippen LogP contribution in [0.2, 0.25) is 0 Å². The molecule has 6 heteroatoms. The maximum atomic E-state index is 13.3. The third kappa shape index (κ3) is 7.41. The number of amides is 1. The summed E-state index contributed by atoms with van der Waals surface area (Å²) in [7, 11) is 0. The van der Waals surface area contributed by atoms with E-state index in [1.165, 1.54) is 22.4 Å². The minimum atomic E-state index is 0.203. The van der Waals surface area contributed by atoms with E-state index < -0.39 is 0 Å². The molecule has 0 unspecified atom stereocenters. The quantitative estimate of drug-likeness (QED) is 0.104. The van der Waals surface area contributed by atoms with Gasteiger partial charge in [-0.05, 0) is 24.0 Å². The Morgan fingerprint density at radius 1 is 0.733 bits per heavy atom. The zero-order valence-electron chi connectivity index (χ0n) is 26.1. The van der Waals surface area contributed by atoms with Crippen LogP contribution in [0.15, 0.2) is 126 Å². The highest BCUT2D eigenvalue weighted by atomic mass is 32.2. The molecule has 0 saturated carbocycles. The van der Waals surface area contributed by atoms with Gasteiger partial charge in [0, 0.05) is 56.0 Å². The van der Waals surface area contributed by atoms with Crippen molar-refractivity contribution in [1.29, 1.82) is 0 Å². The second-order valence-electron chi connectivity index (χ2n) is 11.6. The van der Waals surface area contributed by atoms with Gasteiger partial charge in [-0.1, -0.05) is 140 Å². The molecule has 1 aromatic heterocycles. The Kier molecular flexibility index (Phi) is 10.5. The fourth-order valence-corrected chi connectivity index (χ4v) is 7.28. The van der Waals surface area contributed by atoms with Crippen LogP contribution >= 0.6 is 11.8 Å². The smallest absolute Gasteiger partial charge is 0.222 e. The molecule has 1 amide bonds. The van der Waals surface area contributed by atoms with Crippen molar-refractivity contribution in [2.75, 3.05) is 31.9 Å². The molecule has 0 aliphatic carbocycles. The molecule has 0 radical (unpaired) electrons. The monoisotopic (exact) mass is 614 g/mol. The van der Waals surface area contributed by atoms with Crippen LogP contribution in [0, 0.1) is 0 Å². The lowest BCUT2D eigenvalue weighted by Gasteiger charge is -2.40. The van der Waals surface area contributed by atoms with Crippen molar-refractivity contribution in [3.63, 3.8) is 0 Å². The van der Waals surface area contributed by atoms with Crippen molar-refractivity contribution >= 4 is 17.7 Å². The molecule has 6 rings (SSSR count). The number of aromatic nitrogens is 2. The van der Waals surface area contributed by atoms with Crippen molar-refractivity contribution in [2.24, 2.45) is 0 Å². The first-order chi connectivity index (χ1) is 22.2. The third-order valence-electron chi connectivity index (χ3n) is 8.50. The van der Waals surface area contributed by atoms with E-state index in [2.05, 4.69) is 137 Å². The van der Waals surface area contributed by atoms with Gasteiger partial charge in [0.25, 0.3) is 0 Å². The normalized spacial score (nSPS) is 13.8. The van der Waals surface area contributed by atoms with E-state index in [-0.39, 0.29) is 11.9 Å². The molecule has 4 aromatic carbocycles. The number of hydrogen-bond donors (Lipinski definition) is 0. The highest BCUT2D eigenvalue weighted by Gasteiger charge is 2.28. The summed E-state index contributed by atoms with van der Waals surface area (Å²) in [5.41, 5.74) is 7.10. The molecule has 0 N–H and O–H groups in total. The summed E-state index contributed by atoms with van der Waals surface area (Å²) in [6.07, 6.45) is 2.43. The molecule has 0 atom stereocenters. The van der Waals surface area contributed by atoms with Gasteiger partial charge in [0.2, 0.25) is 5.91 Å². The second kappa shape index (κ2) is 15.2. The zero-order chi connectivity index (χ0) is 30.8. The standard InChI is InChI=1S/C39H42N4OS/c1-2-25-43-38(34-22-13-6-14-23-34)36(31-16-7-3-8-17-31)40-39(43)45-30-15-24-35(44)41-26-28-42(29-27-41)37(32-18-9-4-10-19-32)33-20-11-5-12-21-33/h3-14,16-23,37H,2,15,24-30H2,1H3. The molecule has 1 saturated heterocycles. The number of piperazine rings is 1. The van der Waals surface area contributed by atoms with Crippen LogP contribution in [0.3, 0.4) is 0 Å². The van der Waals surface area contributed by atoms with Crippen molar-refractivity contribution in [2.45, 2.75) is 43.9 Å². The number of carbonyl (C=O) groups excluding carboxylic acids is 1. The van der Waals surface area contributed by atoms with E-state index in [9.17, 15) is 4.79 Å². The van der Waals surface area contributed by atoms with Gasteiger partial charge in [0.1, 0.15) is 0 Å². The Morgan fingerprint density at radius 3 is 1.82 bits per heavy atom. The van der Waals surface area contributed by atoms with E-state index in [0.717, 1.165) is 67.7 Å². The number of rotatable bonds is 12. The summed E-state index contributed by atoms with van der Waals surface area (Å²) in [6.45, 7) is 6.39. The van der Waals surface area contributed by atoms with Crippen molar-refractivity contribution < 1.29 is 4.79 Å². The van der Waals surface area contributed by atoms with E-state index in [1.807, 2.05) is 6.07 Å². The SMILES string of the molecule is CCCn1c(SCCCC(=O)N2CCN(C(c3ccccc3)c3ccccc3)CC2)nc(-c2ccccc2)c1-c1ccccc1. The highest BCUT2D eigenvalue weighted by molar-refractivity contribution is 7.99. The Balaban J connectivity index is 1.08. The molecule has 0 bridgehead atoms. The summed E-state index contributed by atoms with van der Waals surface area (Å²) in [6, 6.07) is 42.7. The Bertz CT molecular complexity index is 1590. The van der Waals surface area contributed by atoms with E-state index in [0.29, 0.717) is 6.42 Å². The first kappa shape index (κ1) is 30.9. The van der Waals surface area contributed by atoms with Gasteiger partial charge in [-0.25, -0.2) is 4.98 Å². The third-order valence-corrected chi connectivity index (χ3v) is 9.57. The number of thioether (sulfide) groups is 1. The van der Waals surface area contributed by atoms with Crippen molar-refractivity contribution in [1.82, 2.24) is 19.4 Å². The number of imidazole rings is 1. The van der Waals surface area contributed by atoms with Gasteiger partial charge in [-0.3, -0.25) is 9.69 Å². The topological polar surface area (TPSA) is 41.4 Å². The predicted octanol–water partition coefficient (Wildman–Crippen LogP) is 8.43. The minimum Gasteiger partial charge on any atom is -0.340 e. The van der Waals surface area contributed by atoms with Gasteiger partial charge >= 0.3 is 0 Å². The lowest BCUT2D eigenvalue weighted by Crippen LogP contribution is -2.49. The zero-order valence-corrected chi connectivity index (χ0v) is 26.9. The van der Waals surface area contributed by atoms with E-state index in [1.54, 1.807) is 11.8 Å². The highest BCUT2D eigenvalue weighted by Crippen LogP contribution is 2.36. The van der Waals surface area contributed by atoms with Gasteiger partial charge in [0.05, 0.1) is 17.4 Å². The van der Waals surface area contributed by atoms with Crippen LogP contribution in [0.25, 0.3) is 22.5 Å². The summed E-state index contributed by atoms with van der Waals surface area (Å²) in [5.74, 6) is 1.12. The molecule has 0 spiro atoms. The van der Waals surface area contributed by atoms with Crippen LogP contribution in [-0.4, -0.2) is 57.2 Å². The summed E-state index contributed by atoms with van der Waals surface area (Å²) in [5, 5.41) is 1.03. The van der Waals surface area contributed by atoms with E-state index in [4.69, 9.17) is 4.98 Å². The van der Waals surface area contributed by atoms with Crippen LogP contribution < -0.4 is 0 Å². The van der Waals surface area contributed by atoms with Crippen molar-refractivity contribution in [3.05, 3.63) is 132 Å². The molecule has 2 heterocycles. The number of nitrogens with zero attached hydrogens (tertiary/aromatic N) is 4. The predicted molar refractivity (Wildman–Crippen MR) is 186 cm³/mol. The first-order valence-electron chi connectivity index (χ1n) is 16.2. The Hall–Kier alpha value is -4.13. The second-order valence-corrected chi connectivity index (χ2v) is 12.6. The number of hydrogen-bond acceptors (Lipinski definition) is 4. The van der Waals surface area contributed by atoms with E-state index >= 15 is 0 Å². The molecule has 5 nitrogen and oxygen atoms in total. The fraction of sp³-hybridized carbons (Fsp3) is 0.282. The van der Waals surface area contributed by atoms with Crippen LogP contribution in [0.5, 0.6) is 0 Å². The lowest BCUT2D eigenvalue weighted by molar-refractivity contribution is -0.133. The molecule has 5 aromatic rings.